The van der Waals surface area contributed by atoms with Gasteiger partial charge in [0.15, 0.2) is 5.58 Å². The highest BCUT2D eigenvalue weighted by Crippen LogP contribution is 2.27. The number of fused-ring (bicyclic) bond motifs is 1. The maximum Gasteiger partial charge on any atom is 0.272 e. The van der Waals surface area contributed by atoms with Gasteiger partial charge in [0.25, 0.3) is 5.91 Å². The fourth-order valence-electron chi connectivity index (χ4n) is 4.81. The molecule has 12 nitrogen and oxygen atoms in total. The molecule has 5 N–H and O–H groups in total. The molecule has 2 aromatic carbocycles. The summed E-state index contributed by atoms with van der Waals surface area (Å²) in [6, 6.07) is 14.2. The minimum absolute atomic E-state index is 0.183. The van der Waals surface area contributed by atoms with Crippen LogP contribution in [0.15, 0.2) is 70.3 Å². The van der Waals surface area contributed by atoms with Crippen LogP contribution in [0.25, 0.3) is 22.6 Å². The normalized spacial score (nSPS) is 15.1. The van der Waals surface area contributed by atoms with Gasteiger partial charge >= 0.3 is 0 Å². The molecule has 4 aromatic rings. The predicted octanol–water partition coefficient (Wildman–Crippen LogP) is 2.56. The maximum absolute atomic E-state index is 13.6. The summed E-state index contributed by atoms with van der Waals surface area (Å²) in [6.45, 7) is 3.27. The number of nitrogens with two attached hydrogens (primary N) is 2. The summed E-state index contributed by atoms with van der Waals surface area (Å²) in [7, 11) is 1.57. The third kappa shape index (κ3) is 6.31. The van der Waals surface area contributed by atoms with Gasteiger partial charge in [0.05, 0.1) is 6.04 Å². The fourth-order valence-corrected chi connectivity index (χ4v) is 4.81. The predicted molar refractivity (Wildman–Crippen MR) is 152 cm³/mol. The van der Waals surface area contributed by atoms with Gasteiger partial charge in [0.1, 0.15) is 22.9 Å². The highest BCUT2D eigenvalue weighted by atomic mass is 19.1. The number of aromatic nitrogens is 2. The van der Waals surface area contributed by atoms with Crippen LogP contribution in [-0.4, -0.2) is 75.8 Å². The molecule has 0 bridgehead atoms. The number of hydrazine groups is 1. The van der Waals surface area contributed by atoms with Crippen molar-refractivity contribution in [1.29, 1.82) is 0 Å². The molecule has 1 fully saturated rings. The zero-order valence-electron chi connectivity index (χ0n) is 22.6. The van der Waals surface area contributed by atoms with Crippen LogP contribution in [0.3, 0.4) is 0 Å². The van der Waals surface area contributed by atoms with Crippen molar-refractivity contribution in [2.24, 2.45) is 16.7 Å². The second kappa shape index (κ2) is 11.7. The number of oxazole rings is 1. The van der Waals surface area contributed by atoms with Crippen LogP contribution in [0.4, 0.5) is 10.1 Å². The van der Waals surface area contributed by atoms with Crippen molar-refractivity contribution >= 4 is 34.4 Å². The minimum Gasteiger partial charge on any atom is -0.436 e. The third-order valence-corrected chi connectivity index (χ3v) is 6.64. The molecule has 1 aliphatic heterocycles. The molecule has 5 rings (SSSR count). The first-order valence-electron chi connectivity index (χ1n) is 12.9. The molecule has 0 aliphatic carbocycles. The molecule has 1 atom stereocenters. The molecule has 13 heteroatoms. The Bertz CT molecular complexity index is 1600. The number of halogens is 1. The molecule has 2 amide bonds. The quantitative estimate of drug-likeness (QED) is 0.134. The Balaban J connectivity index is 1.31. The van der Waals surface area contributed by atoms with Crippen molar-refractivity contribution in [3.63, 3.8) is 0 Å². The third-order valence-electron chi connectivity index (χ3n) is 6.64. The Labute approximate surface area is 235 Å². The first-order valence-corrected chi connectivity index (χ1v) is 12.9. The summed E-state index contributed by atoms with van der Waals surface area (Å²) in [4.78, 5) is 37.4. The van der Waals surface area contributed by atoms with E-state index in [0.29, 0.717) is 54.4 Å². The number of piperazine rings is 1. The first-order chi connectivity index (χ1) is 19.7. The number of amides is 2. The lowest BCUT2D eigenvalue weighted by Gasteiger charge is -2.39. The van der Waals surface area contributed by atoms with Crippen molar-refractivity contribution in [3.05, 3.63) is 77.9 Å². The molecule has 2 aromatic heterocycles. The summed E-state index contributed by atoms with van der Waals surface area (Å²) in [5.41, 5.74) is 9.67. The van der Waals surface area contributed by atoms with E-state index in [9.17, 15) is 14.0 Å². The Morgan fingerprint density at radius 3 is 2.51 bits per heavy atom. The van der Waals surface area contributed by atoms with Gasteiger partial charge in [-0.1, -0.05) is 12.1 Å². The lowest BCUT2D eigenvalue weighted by atomic mass is 10.0. The van der Waals surface area contributed by atoms with Crippen molar-refractivity contribution in [2.45, 2.75) is 13.0 Å². The molecule has 212 valence electrons. The number of hydrogen-bond donors (Lipinski definition) is 3. The average Bonchev–Trinajstić information content (AvgIpc) is 3.37. The number of amidine groups is 1. The maximum atomic E-state index is 13.6. The molecular weight excluding hydrogens is 529 g/mol. The fraction of sp³-hybridized carbons (Fsp3) is 0.250. The Morgan fingerprint density at radius 1 is 1.10 bits per heavy atom. The lowest BCUT2D eigenvalue weighted by Crippen LogP contribution is -2.52. The van der Waals surface area contributed by atoms with Crippen molar-refractivity contribution < 1.29 is 18.4 Å². The summed E-state index contributed by atoms with van der Waals surface area (Å²) in [5.74, 6) is 5.53. The molecule has 1 unspecified atom stereocenters. The molecule has 1 saturated heterocycles. The Hall–Kier alpha value is -4.88. The number of nitrogens with one attached hydrogen (secondary N) is 1. The van der Waals surface area contributed by atoms with E-state index in [-0.39, 0.29) is 29.2 Å². The van der Waals surface area contributed by atoms with Gasteiger partial charge in [-0.3, -0.25) is 19.5 Å². The molecule has 1 aliphatic rings. The van der Waals surface area contributed by atoms with E-state index in [1.54, 1.807) is 60.6 Å². The van der Waals surface area contributed by atoms with E-state index in [1.165, 1.54) is 19.1 Å². The van der Waals surface area contributed by atoms with Gasteiger partial charge < -0.3 is 20.4 Å². The van der Waals surface area contributed by atoms with E-state index < -0.39 is 6.04 Å². The van der Waals surface area contributed by atoms with E-state index in [2.05, 4.69) is 25.3 Å². The lowest BCUT2D eigenvalue weighted by molar-refractivity contribution is -0.114. The van der Waals surface area contributed by atoms with Crippen molar-refractivity contribution in [1.82, 2.24) is 24.9 Å². The number of nitrogens with zero attached hydrogens (tertiary/aromatic N) is 6. The summed E-state index contributed by atoms with van der Waals surface area (Å²) in [5, 5.41) is 8.02. The van der Waals surface area contributed by atoms with Crippen LogP contribution in [0.5, 0.6) is 0 Å². The molecule has 3 heterocycles. The average molecular weight is 560 g/mol. The molecule has 0 spiro atoms. The van der Waals surface area contributed by atoms with E-state index in [1.807, 2.05) is 0 Å². The molecule has 0 radical (unpaired) electrons. The van der Waals surface area contributed by atoms with Crippen LogP contribution in [0.1, 0.15) is 29.0 Å². The van der Waals surface area contributed by atoms with Gasteiger partial charge in [-0.25, -0.2) is 20.3 Å². The highest BCUT2D eigenvalue weighted by molar-refractivity contribution is 5.94. The zero-order valence-corrected chi connectivity index (χ0v) is 22.6. The van der Waals surface area contributed by atoms with Crippen LogP contribution >= 0.6 is 0 Å². The van der Waals surface area contributed by atoms with Crippen LogP contribution < -0.4 is 16.9 Å². The van der Waals surface area contributed by atoms with Gasteiger partial charge in [0.2, 0.25) is 11.8 Å². The van der Waals surface area contributed by atoms with Crippen molar-refractivity contribution in [2.75, 3.05) is 38.5 Å². The number of benzene rings is 2. The number of hydrogen-bond acceptors (Lipinski definition) is 9. The topological polar surface area (TPSA) is 159 Å². The Kier molecular flexibility index (Phi) is 7.90. The van der Waals surface area contributed by atoms with Gasteiger partial charge in [-0.05, 0) is 48.0 Å². The number of rotatable bonds is 7. The molecule has 0 saturated carbocycles. The van der Waals surface area contributed by atoms with Gasteiger partial charge in [-0.2, -0.15) is 0 Å². The summed E-state index contributed by atoms with van der Waals surface area (Å²) in [6.07, 6.45) is 1.54. The van der Waals surface area contributed by atoms with Gasteiger partial charge in [-0.15, -0.1) is 5.10 Å². The zero-order chi connectivity index (χ0) is 29.1. The largest absolute Gasteiger partial charge is 0.436 e. The summed E-state index contributed by atoms with van der Waals surface area (Å²) < 4.78 is 19.5. The van der Waals surface area contributed by atoms with E-state index in [0.717, 1.165) is 10.7 Å². The van der Waals surface area contributed by atoms with Crippen LogP contribution in [0.2, 0.25) is 0 Å². The second-order valence-corrected chi connectivity index (χ2v) is 9.69. The number of hydrazone groups is 1. The van der Waals surface area contributed by atoms with Crippen LogP contribution in [-0.2, 0) is 4.79 Å². The van der Waals surface area contributed by atoms with E-state index >= 15 is 0 Å². The van der Waals surface area contributed by atoms with Crippen LogP contribution in [0, 0.1) is 5.82 Å². The first kappa shape index (κ1) is 27.7. The number of anilines is 1. The van der Waals surface area contributed by atoms with E-state index in [4.69, 9.17) is 16.0 Å². The monoisotopic (exact) mass is 559 g/mol. The molecular formula is C28H30FN9O3. The SMILES string of the molecule is CC(=O)Nc1ccc2oc(-c3ccnc(C(=O)N4CCN(C(/C(N)=N/N(C)N)c5ccc(F)cc5)CC4)c3)nc2c1. The number of pyridine rings is 1. The standard InChI is InChI=1S/C28H30FN9O3/c1-17(39)33-21-7-8-24-22(16-21)34-27(41-24)19-9-10-32-23(15-19)28(40)38-13-11-37(12-14-38)25(26(30)35-36(2)31)18-3-5-20(29)6-4-18/h3-10,15-16,25H,11-14,31H2,1-2H3,(H2,30,35)(H,33,39). The number of carbonyl (C=O) groups is 2. The smallest absolute Gasteiger partial charge is 0.272 e. The highest BCUT2D eigenvalue weighted by Gasteiger charge is 2.30. The van der Waals surface area contributed by atoms with Crippen molar-refractivity contribution in [3.8, 4) is 11.5 Å². The van der Waals surface area contributed by atoms with Gasteiger partial charge in [0, 0.05) is 57.6 Å². The number of carbonyl (C=O) groups excluding carboxylic acids is 2. The molecule has 41 heavy (non-hydrogen) atoms. The second-order valence-electron chi connectivity index (χ2n) is 9.69. The summed E-state index contributed by atoms with van der Waals surface area (Å²) >= 11 is 0. The Morgan fingerprint density at radius 2 is 1.83 bits per heavy atom. The minimum atomic E-state index is -0.439.